The van der Waals surface area contributed by atoms with Gasteiger partial charge in [0, 0.05) is 24.8 Å². The molecule has 0 unspecified atom stereocenters. The minimum absolute atomic E-state index is 0.0476. The Morgan fingerprint density at radius 2 is 1.93 bits per heavy atom. The van der Waals surface area contributed by atoms with Crippen LogP contribution in [0.15, 0.2) is 46.1 Å². The van der Waals surface area contributed by atoms with Crippen molar-refractivity contribution in [1.29, 1.82) is 0 Å². The van der Waals surface area contributed by atoms with Crippen molar-refractivity contribution in [3.63, 3.8) is 0 Å². The summed E-state index contributed by atoms with van der Waals surface area (Å²) >= 11 is 0. The van der Waals surface area contributed by atoms with Crippen LogP contribution >= 0.6 is 0 Å². The van der Waals surface area contributed by atoms with E-state index >= 15 is 0 Å². The molecule has 1 N–H and O–H groups in total. The van der Waals surface area contributed by atoms with E-state index in [2.05, 4.69) is 0 Å². The standard InChI is InChI=1S/C19H19F3N2O6/c1-2-29-13-8-15(30-14(13)10-25)23-9-12(19(20,21)22)17(27)24(18(23)28)16(26)11-6-4-3-5-7-11/h3-7,9,13-15,25H,2,8,10H2,1H3/t13-,14+,15+/m0/s1. The van der Waals surface area contributed by atoms with Crippen molar-refractivity contribution < 1.29 is 32.5 Å². The lowest BCUT2D eigenvalue weighted by atomic mass is 10.2. The van der Waals surface area contributed by atoms with Crippen molar-refractivity contribution in [2.75, 3.05) is 13.2 Å². The molecule has 3 rings (SSSR count). The summed E-state index contributed by atoms with van der Waals surface area (Å²) in [6, 6.07) is 7.01. The van der Waals surface area contributed by atoms with E-state index in [1.165, 1.54) is 24.3 Å². The molecule has 1 saturated heterocycles. The second kappa shape index (κ2) is 8.54. The highest BCUT2D eigenvalue weighted by molar-refractivity contribution is 5.95. The van der Waals surface area contributed by atoms with Gasteiger partial charge in [-0.05, 0) is 19.1 Å². The molecule has 0 saturated carbocycles. The summed E-state index contributed by atoms with van der Waals surface area (Å²) in [5.41, 5.74) is -4.86. The molecule has 0 radical (unpaired) electrons. The minimum atomic E-state index is -5.11. The van der Waals surface area contributed by atoms with E-state index in [0.717, 1.165) is 0 Å². The smallest absolute Gasteiger partial charge is 0.394 e. The molecule has 0 amide bonds. The monoisotopic (exact) mass is 428 g/mol. The molecule has 1 aliphatic rings. The molecule has 0 aliphatic carbocycles. The van der Waals surface area contributed by atoms with Gasteiger partial charge in [0.05, 0.1) is 12.7 Å². The van der Waals surface area contributed by atoms with E-state index < -0.39 is 53.9 Å². The summed E-state index contributed by atoms with van der Waals surface area (Å²) < 4.78 is 51.9. The maximum Gasteiger partial charge on any atom is 0.423 e. The first-order valence-electron chi connectivity index (χ1n) is 9.12. The zero-order chi connectivity index (χ0) is 22.1. The second-order valence-electron chi connectivity index (χ2n) is 6.58. The Balaban J connectivity index is 2.17. The van der Waals surface area contributed by atoms with Crippen LogP contribution in [0.4, 0.5) is 13.2 Å². The molecule has 1 aromatic heterocycles. The quantitative estimate of drug-likeness (QED) is 0.773. The van der Waals surface area contributed by atoms with Crippen molar-refractivity contribution in [3.05, 3.63) is 68.5 Å². The van der Waals surface area contributed by atoms with E-state index in [-0.39, 0.29) is 23.2 Å². The third kappa shape index (κ3) is 4.09. The summed E-state index contributed by atoms with van der Waals surface area (Å²) in [4.78, 5) is 38.0. The van der Waals surface area contributed by atoms with Crippen LogP contribution in [0, 0.1) is 0 Å². The molecule has 11 heteroatoms. The minimum Gasteiger partial charge on any atom is -0.394 e. The Bertz CT molecular complexity index is 1030. The molecule has 1 aromatic carbocycles. The number of nitrogens with zero attached hydrogens (tertiary/aromatic N) is 2. The van der Waals surface area contributed by atoms with E-state index in [4.69, 9.17) is 9.47 Å². The number of hydrogen-bond donors (Lipinski definition) is 1. The van der Waals surface area contributed by atoms with Crippen molar-refractivity contribution in [2.24, 2.45) is 0 Å². The van der Waals surface area contributed by atoms with Crippen molar-refractivity contribution in [3.8, 4) is 0 Å². The third-order valence-corrected chi connectivity index (χ3v) is 4.69. The molecular weight excluding hydrogens is 409 g/mol. The first-order valence-corrected chi connectivity index (χ1v) is 9.12. The SMILES string of the molecule is CCO[C@H]1C[C@H](n2cc(C(F)(F)F)c(=O)n(C(=O)c3ccccc3)c2=O)O[C@@H]1CO. The lowest BCUT2D eigenvalue weighted by Crippen LogP contribution is -2.47. The number of rotatable bonds is 5. The fourth-order valence-corrected chi connectivity index (χ4v) is 3.29. The molecule has 162 valence electrons. The second-order valence-corrected chi connectivity index (χ2v) is 6.58. The van der Waals surface area contributed by atoms with Crippen LogP contribution in [0.5, 0.6) is 0 Å². The number of aliphatic hydroxyl groups is 1. The third-order valence-electron chi connectivity index (χ3n) is 4.69. The highest BCUT2D eigenvalue weighted by atomic mass is 19.4. The highest BCUT2D eigenvalue weighted by Gasteiger charge is 2.41. The average Bonchev–Trinajstić information content (AvgIpc) is 3.10. The van der Waals surface area contributed by atoms with Gasteiger partial charge in [-0.1, -0.05) is 18.2 Å². The van der Waals surface area contributed by atoms with E-state index in [9.17, 15) is 32.7 Å². The van der Waals surface area contributed by atoms with Crippen LogP contribution in [0.1, 0.15) is 35.5 Å². The zero-order valence-electron chi connectivity index (χ0n) is 15.8. The van der Waals surface area contributed by atoms with Gasteiger partial charge in [-0.2, -0.15) is 17.7 Å². The first-order chi connectivity index (χ1) is 14.2. The molecule has 8 nitrogen and oxygen atoms in total. The lowest BCUT2D eigenvalue weighted by Gasteiger charge is -2.18. The average molecular weight is 428 g/mol. The summed E-state index contributed by atoms with van der Waals surface area (Å²) in [7, 11) is 0. The molecule has 3 atom stereocenters. The van der Waals surface area contributed by atoms with Gasteiger partial charge in [0.15, 0.2) is 0 Å². The van der Waals surface area contributed by atoms with Gasteiger partial charge in [0.1, 0.15) is 17.9 Å². The summed E-state index contributed by atoms with van der Waals surface area (Å²) in [6.07, 6.45) is -7.62. The van der Waals surface area contributed by atoms with Crippen LogP contribution in [-0.4, -0.2) is 45.6 Å². The van der Waals surface area contributed by atoms with E-state index in [1.807, 2.05) is 0 Å². The Hall–Kier alpha value is -2.76. The number of benzene rings is 1. The Kier molecular flexibility index (Phi) is 6.25. The van der Waals surface area contributed by atoms with Gasteiger partial charge < -0.3 is 14.6 Å². The van der Waals surface area contributed by atoms with Crippen LogP contribution in [-0.2, 0) is 15.7 Å². The highest BCUT2D eigenvalue weighted by Crippen LogP contribution is 2.31. The number of carbonyl (C=O) groups is 1. The zero-order valence-corrected chi connectivity index (χ0v) is 15.8. The van der Waals surface area contributed by atoms with Gasteiger partial charge in [-0.15, -0.1) is 0 Å². The number of aromatic nitrogens is 2. The first kappa shape index (κ1) is 21.9. The van der Waals surface area contributed by atoms with Crippen LogP contribution in [0.25, 0.3) is 0 Å². The predicted molar refractivity (Wildman–Crippen MR) is 97.2 cm³/mol. The van der Waals surface area contributed by atoms with E-state index in [1.54, 1.807) is 13.0 Å². The fraction of sp³-hybridized carbons (Fsp3) is 0.421. The van der Waals surface area contributed by atoms with Crippen LogP contribution in [0.3, 0.4) is 0 Å². The van der Waals surface area contributed by atoms with Gasteiger partial charge in [0.25, 0.3) is 11.5 Å². The molecule has 2 aromatic rings. The topological polar surface area (TPSA) is 99.8 Å². The number of carbonyl (C=O) groups excluding carboxylic acids is 1. The molecule has 2 heterocycles. The van der Waals surface area contributed by atoms with Crippen LogP contribution in [0.2, 0.25) is 0 Å². The summed E-state index contributed by atoms with van der Waals surface area (Å²) in [5, 5.41) is 9.43. The Morgan fingerprint density at radius 3 is 2.50 bits per heavy atom. The maximum absolute atomic E-state index is 13.5. The van der Waals surface area contributed by atoms with Crippen molar-refractivity contribution in [1.82, 2.24) is 9.13 Å². The van der Waals surface area contributed by atoms with E-state index in [0.29, 0.717) is 10.8 Å². The van der Waals surface area contributed by atoms with Gasteiger partial charge in [-0.25, -0.2) is 4.79 Å². The van der Waals surface area contributed by atoms with Crippen molar-refractivity contribution >= 4 is 5.91 Å². The number of ether oxygens (including phenoxy) is 2. The number of hydrogen-bond acceptors (Lipinski definition) is 6. The maximum atomic E-state index is 13.5. The predicted octanol–water partition coefficient (Wildman–Crippen LogP) is 1.40. The fourth-order valence-electron chi connectivity index (χ4n) is 3.29. The number of alkyl halides is 3. The normalized spacial score (nSPS) is 21.7. The Morgan fingerprint density at radius 1 is 1.27 bits per heavy atom. The van der Waals surface area contributed by atoms with Crippen LogP contribution < -0.4 is 11.2 Å². The molecule has 0 bridgehead atoms. The van der Waals surface area contributed by atoms with Crippen molar-refractivity contribution in [2.45, 2.75) is 38.0 Å². The van der Waals surface area contributed by atoms with Gasteiger partial charge in [0.2, 0.25) is 0 Å². The number of aliphatic hydroxyl groups excluding tert-OH is 1. The molecule has 1 fully saturated rings. The molecule has 1 aliphatic heterocycles. The lowest BCUT2D eigenvalue weighted by molar-refractivity contribution is -0.139. The van der Waals surface area contributed by atoms with Gasteiger partial charge >= 0.3 is 11.9 Å². The summed E-state index contributed by atoms with van der Waals surface area (Å²) in [6.45, 7) is 1.46. The molecule has 30 heavy (non-hydrogen) atoms. The van der Waals surface area contributed by atoms with Gasteiger partial charge in [-0.3, -0.25) is 14.2 Å². The largest absolute Gasteiger partial charge is 0.423 e. The molecule has 0 spiro atoms. The summed E-state index contributed by atoms with van der Waals surface area (Å²) in [5.74, 6) is -1.19. The number of halogens is 3. The Labute approximate surface area is 168 Å². The molecular formula is C19H19F3N2O6.